The summed E-state index contributed by atoms with van der Waals surface area (Å²) >= 11 is 0. The van der Waals surface area contributed by atoms with E-state index < -0.39 is 6.09 Å². The number of anilines is 1. The van der Waals surface area contributed by atoms with Crippen molar-refractivity contribution < 1.29 is 23.9 Å². The van der Waals surface area contributed by atoms with Gasteiger partial charge in [0.05, 0.1) is 24.1 Å². The molecular weight excluding hydrogens is 376 g/mol. The second kappa shape index (κ2) is 9.22. The number of carbonyl (C=O) groups excluding carboxylic acids is 4. The van der Waals surface area contributed by atoms with E-state index >= 15 is 0 Å². The predicted octanol–water partition coefficient (Wildman–Crippen LogP) is 1.12. The lowest BCUT2D eigenvalue weighted by atomic mass is 9.80. The second-order valence-electron chi connectivity index (χ2n) is 6.76. The van der Waals surface area contributed by atoms with E-state index in [1.807, 2.05) is 12.2 Å². The van der Waals surface area contributed by atoms with E-state index in [-0.39, 0.29) is 49.3 Å². The van der Waals surface area contributed by atoms with Gasteiger partial charge >= 0.3 is 6.09 Å². The number of rotatable bonds is 6. The highest BCUT2D eigenvalue weighted by Gasteiger charge is 2.42. The molecule has 1 aliphatic carbocycles. The minimum Gasteiger partial charge on any atom is -0.450 e. The van der Waals surface area contributed by atoms with Gasteiger partial charge in [-0.3, -0.25) is 19.8 Å². The third-order valence-electron chi connectivity index (χ3n) is 4.85. The Morgan fingerprint density at radius 3 is 2.62 bits per heavy atom. The fraction of sp³-hybridized carbons (Fsp3) is 0.400. The Bertz CT molecular complexity index is 838. The molecule has 1 saturated heterocycles. The van der Waals surface area contributed by atoms with Crippen LogP contribution in [0.3, 0.4) is 0 Å². The van der Waals surface area contributed by atoms with Crippen molar-refractivity contribution in [3.05, 3.63) is 42.0 Å². The van der Waals surface area contributed by atoms with Gasteiger partial charge in [0, 0.05) is 18.7 Å². The molecule has 0 spiro atoms. The molecule has 1 aromatic carbocycles. The Morgan fingerprint density at radius 1 is 1.14 bits per heavy atom. The van der Waals surface area contributed by atoms with Gasteiger partial charge in [0.2, 0.25) is 11.8 Å². The van der Waals surface area contributed by atoms with Gasteiger partial charge in [0.25, 0.3) is 5.91 Å². The summed E-state index contributed by atoms with van der Waals surface area (Å²) in [6.07, 6.45) is 4.38. The van der Waals surface area contributed by atoms with Crippen molar-refractivity contribution in [1.82, 2.24) is 16.1 Å². The van der Waals surface area contributed by atoms with E-state index in [4.69, 9.17) is 4.74 Å². The quantitative estimate of drug-likeness (QED) is 0.489. The molecule has 154 valence electrons. The molecule has 0 saturated carbocycles. The lowest BCUT2D eigenvalue weighted by molar-refractivity contribution is -0.139. The molecule has 1 heterocycles. The van der Waals surface area contributed by atoms with E-state index in [9.17, 15) is 19.2 Å². The van der Waals surface area contributed by atoms with Crippen LogP contribution >= 0.6 is 0 Å². The summed E-state index contributed by atoms with van der Waals surface area (Å²) in [5, 5.41) is 6.42. The van der Waals surface area contributed by atoms with Crippen LogP contribution in [-0.2, 0) is 14.3 Å². The van der Waals surface area contributed by atoms with Gasteiger partial charge < -0.3 is 15.4 Å². The van der Waals surface area contributed by atoms with E-state index in [1.54, 1.807) is 31.2 Å². The van der Waals surface area contributed by atoms with Crippen molar-refractivity contribution in [3.63, 3.8) is 0 Å². The number of hydrogen-bond acceptors (Lipinski definition) is 5. The lowest BCUT2D eigenvalue weighted by Gasteiger charge is -2.38. The van der Waals surface area contributed by atoms with Gasteiger partial charge in [0.1, 0.15) is 0 Å². The standard InChI is InChI=1S/C20H24N4O5/c1-2-29-20(28)22-11-10-21-17(25)13-6-5-7-14(12-13)24-19(27)16-9-4-3-8-15(16)18(26)23-24/h3-7,12,15-16H,2,8-11H2,1H3,(H,21,25)(H,22,28)(H,23,26). The van der Waals surface area contributed by atoms with Crippen molar-refractivity contribution in [1.29, 1.82) is 0 Å². The Hall–Kier alpha value is -3.36. The van der Waals surface area contributed by atoms with E-state index in [2.05, 4.69) is 16.1 Å². The average Bonchev–Trinajstić information content (AvgIpc) is 2.74. The Labute approximate surface area is 168 Å². The number of carbonyl (C=O) groups is 4. The van der Waals surface area contributed by atoms with Crippen LogP contribution in [0, 0.1) is 11.8 Å². The smallest absolute Gasteiger partial charge is 0.407 e. The summed E-state index contributed by atoms with van der Waals surface area (Å²) in [5.74, 6) is -1.47. The largest absolute Gasteiger partial charge is 0.450 e. The van der Waals surface area contributed by atoms with Crippen LogP contribution in [0.1, 0.15) is 30.1 Å². The SMILES string of the molecule is CCOC(=O)NCCNC(=O)c1cccc(N2NC(=O)C3CC=CCC3C2=O)c1. The number of ether oxygens (including phenoxy) is 1. The van der Waals surface area contributed by atoms with Crippen LogP contribution in [0.25, 0.3) is 0 Å². The van der Waals surface area contributed by atoms with Crippen molar-refractivity contribution in [2.24, 2.45) is 11.8 Å². The molecule has 29 heavy (non-hydrogen) atoms. The number of nitrogens with one attached hydrogen (secondary N) is 3. The molecule has 0 aromatic heterocycles. The molecule has 2 atom stereocenters. The van der Waals surface area contributed by atoms with Crippen LogP contribution in [-0.4, -0.2) is 43.5 Å². The van der Waals surface area contributed by atoms with Crippen molar-refractivity contribution in [2.75, 3.05) is 24.7 Å². The van der Waals surface area contributed by atoms with Gasteiger partial charge in [0.15, 0.2) is 0 Å². The molecule has 1 aromatic rings. The normalized spacial score (nSPS) is 20.5. The highest BCUT2D eigenvalue weighted by molar-refractivity contribution is 6.05. The number of alkyl carbamates (subject to hydrolysis) is 1. The minimum absolute atomic E-state index is 0.185. The summed E-state index contributed by atoms with van der Waals surface area (Å²) in [4.78, 5) is 48.8. The molecule has 3 rings (SSSR count). The first kappa shape index (κ1) is 20.4. The van der Waals surface area contributed by atoms with Crippen molar-refractivity contribution in [3.8, 4) is 0 Å². The van der Waals surface area contributed by atoms with Gasteiger partial charge in [-0.05, 0) is 38.0 Å². The predicted molar refractivity (Wildman–Crippen MR) is 105 cm³/mol. The number of nitrogens with zero attached hydrogens (tertiary/aromatic N) is 1. The third kappa shape index (κ3) is 4.74. The Morgan fingerprint density at radius 2 is 1.86 bits per heavy atom. The van der Waals surface area contributed by atoms with Crippen LogP contribution in [0.5, 0.6) is 0 Å². The average molecular weight is 400 g/mol. The molecule has 0 bridgehead atoms. The molecule has 1 fully saturated rings. The summed E-state index contributed by atoms with van der Waals surface area (Å²) < 4.78 is 4.73. The molecule has 9 heteroatoms. The zero-order valence-electron chi connectivity index (χ0n) is 16.1. The number of amides is 4. The summed E-state index contributed by atoms with van der Waals surface area (Å²) in [6.45, 7) is 2.42. The summed E-state index contributed by atoms with van der Waals surface area (Å²) in [5.41, 5.74) is 3.41. The molecule has 3 N–H and O–H groups in total. The molecule has 1 aliphatic heterocycles. The number of fused-ring (bicyclic) bond motifs is 1. The third-order valence-corrected chi connectivity index (χ3v) is 4.85. The maximum Gasteiger partial charge on any atom is 0.407 e. The van der Waals surface area contributed by atoms with Gasteiger partial charge in [-0.25, -0.2) is 9.80 Å². The van der Waals surface area contributed by atoms with Crippen molar-refractivity contribution in [2.45, 2.75) is 19.8 Å². The second-order valence-corrected chi connectivity index (χ2v) is 6.76. The zero-order chi connectivity index (χ0) is 20.8. The lowest BCUT2D eigenvalue weighted by Crippen LogP contribution is -2.59. The molecule has 9 nitrogen and oxygen atoms in total. The molecule has 0 radical (unpaired) electrons. The van der Waals surface area contributed by atoms with Gasteiger partial charge in [-0.2, -0.15) is 0 Å². The van der Waals surface area contributed by atoms with E-state index in [0.717, 1.165) is 0 Å². The van der Waals surface area contributed by atoms with Crippen LogP contribution < -0.4 is 21.1 Å². The number of allylic oxidation sites excluding steroid dienone is 2. The molecule has 4 amide bonds. The highest BCUT2D eigenvalue weighted by atomic mass is 16.5. The van der Waals surface area contributed by atoms with Crippen molar-refractivity contribution >= 4 is 29.5 Å². The van der Waals surface area contributed by atoms with Gasteiger partial charge in [-0.15, -0.1) is 0 Å². The maximum atomic E-state index is 12.8. The van der Waals surface area contributed by atoms with Crippen LogP contribution in [0.2, 0.25) is 0 Å². The first-order chi connectivity index (χ1) is 14.0. The van der Waals surface area contributed by atoms with E-state index in [0.29, 0.717) is 24.1 Å². The summed E-state index contributed by atoms with van der Waals surface area (Å²) in [7, 11) is 0. The maximum absolute atomic E-state index is 12.8. The van der Waals surface area contributed by atoms with Crippen LogP contribution in [0.15, 0.2) is 36.4 Å². The number of hydrogen-bond donors (Lipinski definition) is 3. The van der Waals surface area contributed by atoms with Crippen LogP contribution in [0.4, 0.5) is 10.5 Å². The number of benzene rings is 1. The minimum atomic E-state index is -0.543. The fourth-order valence-electron chi connectivity index (χ4n) is 3.39. The van der Waals surface area contributed by atoms with E-state index in [1.165, 1.54) is 5.01 Å². The Balaban J connectivity index is 1.62. The Kier molecular flexibility index (Phi) is 6.48. The first-order valence-electron chi connectivity index (χ1n) is 9.59. The topological polar surface area (TPSA) is 117 Å². The monoisotopic (exact) mass is 400 g/mol. The fourth-order valence-corrected chi connectivity index (χ4v) is 3.39. The molecule has 2 unspecified atom stereocenters. The number of hydrazine groups is 1. The zero-order valence-corrected chi connectivity index (χ0v) is 16.1. The molecular formula is C20H24N4O5. The first-order valence-corrected chi connectivity index (χ1v) is 9.59. The molecule has 2 aliphatic rings. The highest BCUT2D eigenvalue weighted by Crippen LogP contribution is 2.32. The summed E-state index contributed by atoms with van der Waals surface area (Å²) in [6, 6.07) is 6.47. The van der Waals surface area contributed by atoms with Gasteiger partial charge in [-0.1, -0.05) is 18.2 Å².